The van der Waals surface area contributed by atoms with Crippen LogP contribution in [0.3, 0.4) is 0 Å². The molecule has 3 rings (SSSR count). The number of aryl methyl sites for hydroxylation is 1. The number of carbonyl (C=O) groups is 1. The molecule has 1 fully saturated rings. The van der Waals surface area contributed by atoms with Crippen LogP contribution in [0.15, 0.2) is 43.0 Å². The van der Waals surface area contributed by atoms with Crippen molar-refractivity contribution in [1.29, 1.82) is 0 Å². The molecule has 2 aromatic rings. The highest BCUT2D eigenvalue weighted by Gasteiger charge is 2.17. The van der Waals surface area contributed by atoms with Crippen LogP contribution in [0.25, 0.3) is 0 Å². The van der Waals surface area contributed by atoms with Gasteiger partial charge in [0.2, 0.25) is 0 Å². The van der Waals surface area contributed by atoms with E-state index in [0.717, 1.165) is 36.4 Å². The van der Waals surface area contributed by atoms with Gasteiger partial charge in [-0.1, -0.05) is 18.2 Å². The summed E-state index contributed by atoms with van der Waals surface area (Å²) in [6.45, 7) is 9.04. The third-order valence-electron chi connectivity index (χ3n) is 5.23. The maximum Gasteiger partial charge on any atom is 0.255 e. The molecule has 0 unspecified atom stereocenters. The molecular formula is C24H30N2O3S. The van der Waals surface area contributed by atoms with E-state index in [1.54, 1.807) is 26.4 Å². The Kier molecular flexibility index (Phi) is 7.82. The van der Waals surface area contributed by atoms with E-state index < -0.39 is 0 Å². The molecule has 0 atom stereocenters. The largest absolute Gasteiger partial charge is 0.493 e. The van der Waals surface area contributed by atoms with Crippen LogP contribution in [0, 0.1) is 6.92 Å². The predicted octanol–water partition coefficient (Wildman–Crippen LogP) is 4.54. The first-order valence-corrected chi connectivity index (χ1v) is 11.3. The van der Waals surface area contributed by atoms with E-state index in [1.165, 1.54) is 17.1 Å². The van der Waals surface area contributed by atoms with E-state index in [4.69, 9.17) is 9.47 Å². The van der Waals surface area contributed by atoms with Gasteiger partial charge in [0.15, 0.2) is 11.5 Å². The monoisotopic (exact) mass is 426 g/mol. The molecule has 1 aliphatic rings. The van der Waals surface area contributed by atoms with Crippen molar-refractivity contribution in [3.8, 4) is 11.5 Å². The van der Waals surface area contributed by atoms with E-state index in [1.807, 2.05) is 30.8 Å². The Morgan fingerprint density at radius 1 is 1.20 bits per heavy atom. The van der Waals surface area contributed by atoms with E-state index in [0.29, 0.717) is 23.5 Å². The minimum Gasteiger partial charge on any atom is -0.493 e. The van der Waals surface area contributed by atoms with Crippen molar-refractivity contribution in [1.82, 2.24) is 4.90 Å². The normalized spacial score (nSPS) is 14.2. The highest BCUT2D eigenvalue weighted by atomic mass is 32.2. The van der Waals surface area contributed by atoms with Crippen LogP contribution in [-0.4, -0.2) is 49.6 Å². The molecule has 2 aromatic carbocycles. The molecule has 6 heteroatoms. The minimum atomic E-state index is -0.176. The zero-order valence-corrected chi connectivity index (χ0v) is 18.8. The van der Waals surface area contributed by atoms with Crippen LogP contribution < -0.4 is 14.8 Å². The Morgan fingerprint density at radius 3 is 2.60 bits per heavy atom. The van der Waals surface area contributed by atoms with Crippen molar-refractivity contribution < 1.29 is 14.3 Å². The fraction of sp³-hybridized carbons (Fsp3) is 0.375. The number of ether oxygens (including phenoxy) is 2. The molecular weight excluding hydrogens is 396 g/mol. The van der Waals surface area contributed by atoms with Gasteiger partial charge in [-0.05, 0) is 42.7 Å². The molecule has 1 heterocycles. The third kappa shape index (κ3) is 5.37. The van der Waals surface area contributed by atoms with Gasteiger partial charge >= 0.3 is 0 Å². The van der Waals surface area contributed by atoms with Crippen LogP contribution in [0.2, 0.25) is 0 Å². The number of hydrogen-bond donors (Lipinski definition) is 1. The number of carbonyl (C=O) groups excluding carboxylic acids is 1. The highest BCUT2D eigenvalue weighted by molar-refractivity contribution is 7.99. The lowest BCUT2D eigenvalue weighted by molar-refractivity contribution is 0.102. The van der Waals surface area contributed by atoms with Crippen molar-refractivity contribution in [2.75, 3.05) is 44.1 Å². The molecule has 30 heavy (non-hydrogen) atoms. The lowest BCUT2D eigenvalue weighted by Gasteiger charge is -2.26. The fourth-order valence-corrected chi connectivity index (χ4v) is 4.64. The smallest absolute Gasteiger partial charge is 0.255 e. The number of thioether (sulfide) groups is 1. The molecule has 160 valence electrons. The fourth-order valence-electron chi connectivity index (χ4n) is 3.66. The van der Waals surface area contributed by atoms with E-state index in [2.05, 4.69) is 28.9 Å². The molecule has 0 aliphatic carbocycles. The number of methoxy groups -OCH3 is 2. The summed E-state index contributed by atoms with van der Waals surface area (Å²) in [5, 5.41) is 3.04. The summed E-state index contributed by atoms with van der Waals surface area (Å²) in [6, 6.07) is 9.79. The van der Waals surface area contributed by atoms with E-state index in [-0.39, 0.29) is 5.91 Å². The maximum absolute atomic E-state index is 12.9. The Bertz CT molecular complexity index is 908. The average molecular weight is 427 g/mol. The molecule has 0 spiro atoms. The quantitative estimate of drug-likeness (QED) is 0.628. The summed E-state index contributed by atoms with van der Waals surface area (Å²) in [6.07, 6.45) is 2.37. The van der Waals surface area contributed by atoms with Gasteiger partial charge in [0, 0.05) is 48.0 Å². The zero-order valence-electron chi connectivity index (χ0n) is 18.0. The molecule has 0 saturated carbocycles. The van der Waals surface area contributed by atoms with Gasteiger partial charge in [-0.15, -0.1) is 6.58 Å². The van der Waals surface area contributed by atoms with Crippen molar-refractivity contribution in [2.24, 2.45) is 0 Å². The van der Waals surface area contributed by atoms with E-state index >= 15 is 0 Å². The van der Waals surface area contributed by atoms with Crippen LogP contribution in [-0.2, 0) is 13.0 Å². The lowest BCUT2D eigenvalue weighted by Crippen LogP contribution is -2.31. The second-order valence-electron chi connectivity index (χ2n) is 7.36. The third-order valence-corrected chi connectivity index (χ3v) is 6.17. The number of allylic oxidation sites excluding steroid dienone is 1. The van der Waals surface area contributed by atoms with Gasteiger partial charge in [-0.2, -0.15) is 11.8 Å². The molecule has 1 N–H and O–H groups in total. The van der Waals surface area contributed by atoms with Gasteiger partial charge in [0.25, 0.3) is 5.91 Å². The SMILES string of the molecule is C=CCc1cc(C(=O)Nc2ccc(CN3CCSCC3)cc2C)cc(OC)c1OC. The van der Waals surface area contributed by atoms with Gasteiger partial charge < -0.3 is 14.8 Å². The summed E-state index contributed by atoms with van der Waals surface area (Å²) in [5.41, 5.74) is 4.54. The van der Waals surface area contributed by atoms with Gasteiger partial charge in [0.05, 0.1) is 14.2 Å². The summed E-state index contributed by atoms with van der Waals surface area (Å²) >= 11 is 2.02. The molecule has 1 aliphatic heterocycles. The van der Waals surface area contributed by atoms with Gasteiger partial charge in [0.1, 0.15) is 0 Å². The summed E-state index contributed by atoms with van der Waals surface area (Å²) < 4.78 is 10.9. The second kappa shape index (κ2) is 10.5. The number of nitrogens with one attached hydrogen (secondary N) is 1. The summed E-state index contributed by atoms with van der Waals surface area (Å²) in [7, 11) is 3.17. The molecule has 0 radical (unpaired) electrons. The van der Waals surface area contributed by atoms with Crippen molar-refractivity contribution in [3.63, 3.8) is 0 Å². The number of nitrogens with zero attached hydrogens (tertiary/aromatic N) is 1. The van der Waals surface area contributed by atoms with Gasteiger partial charge in [-0.25, -0.2) is 0 Å². The van der Waals surface area contributed by atoms with Crippen molar-refractivity contribution >= 4 is 23.4 Å². The minimum absolute atomic E-state index is 0.176. The predicted molar refractivity (Wildman–Crippen MR) is 125 cm³/mol. The topological polar surface area (TPSA) is 50.8 Å². The average Bonchev–Trinajstić information content (AvgIpc) is 2.76. The van der Waals surface area contributed by atoms with Gasteiger partial charge in [-0.3, -0.25) is 9.69 Å². The second-order valence-corrected chi connectivity index (χ2v) is 8.58. The van der Waals surface area contributed by atoms with Crippen LogP contribution >= 0.6 is 11.8 Å². The first-order chi connectivity index (χ1) is 14.5. The number of hydrogen-bond acceptors (Lipinski definition) is 5. The summed E-state index contributed by atoms with van der Waals surface area (Å²) in [5.74, 6) is 3.39. The zero-order chi connectivity index (χ0) is 21.5. The van der Waals surface area contributed by atoms with Crippen LogP contribution in [0.5, 0.6) is 11.5 Å². The van der Waals surface area contributed by atoms with Crippen LogP contribution in [0.1, 0.15) is 27.0 Å². The Balaban J connectivity index is 1.76. The number of anilines is 1. The van der Waals surface area contributed by atoms with Crippen LogP contribution in [0.4, 0.5) is 5.69 Å². The van der Waals surface area contributed by atoms with Crippen molar-refractivity contribution in [2.45, 2.75) is 19.9 Å². The molecule has 0 aromatic heterocycles. The van der Waals surface area contributed by atoms with E-state index in [9.17, 15) is 4.79 Å². The number of benzene rings is 2. The Morgan fingerprint density at radius 2 is 1.97 bits per heavy atom. The Hall–Kier alpha value is -2.44. The molecule has 5 nitrogen and oxygen atoms in total. The number of rotatable bonds is 8. The number of amides is 1. The summed E-state index contributed by atoms with van der Waals surface area (Å²) in [4.78, 5) is 15.4. The molecule has 1 amide bonds. The van der Waals surface area contributed by atoms with Crippen molar-refractivity contribution in [3.05, 3.63) is 65.2 Å². The first-order valence-electron chi connectivity index (χ1n) is 10.1. The molecule has 1 saturated heterocycles. The standard InChI is InChI=1S/C24H30N2O3S/c1-5-6-19-14-20(15-22(28-3)23(19)29-4)24(27)25-21-8-7-18(13-17(21)2)16-26-9-11-30-12-10-26/h5,7-8,13-15H,1,6,9-12,16H2,2-4H3,(H,25,27). The Labute approximate surface area is 183 Å². The lowest BCUT2D eigenvalue weighted by atomic mass is 10.0. The maximum atomic E-state index is 12.9. The molecule has 0 bridgehead atoms. The first kappa shape index (κ1) is 22.2. The highest BCUT2D eigenvalue weighted by Crippen LogP contribution is 2.33.